The summed E-state index contributed by atoms with van der Waals surface area (Å²) in [6.45, 7) is 8.77. The Morgan fingerprint density at radius 1 is 0.970 bits per heavy atom. The van der Waals surface area contributed by atoms with Crippen LogP contribution >= 0.6 is 11.6 Å². The highest BCUT2D eigenvalue weighted by Gasteiger charge is 2.43. The van der Waals surface area contributed by atoms with Crippen molar-refractivity contribution in [1.82, 2.24) is 0 Å². The molecule has 6 nitrogen and oxygen atoms in total. The first-order valence-electron chi connectivity index (χ1n) is 10.8. The van der Waals surface area contributed by atoms with Crippen molar-refractivity contribution in [3.05, 3.63) is 69.9 Å². The lowest BCUT2D eigenvalue weighted by molar-refractivity contribution is -0.577. The van der Waals surface area contributed by atoms with E-state index in [4.69, 9.17) is 11.6 Å². The zero-order valence-electron chi connectivity index (χ0n) is 19.6. The Morgan fingerprint density at radius 3 is 2.15 bits per heavy atom. The Bertz CT molecular complexity index is 1280. The highest BCUT2D eigenvalue weighted by Crippen LogP contribution is 2.30. The van der Waals surface area contributed by atoms with Crippen LogP contribution in [0.5, 0.6) is 0 Å². The van der Waals surface area contributed by atoms with E-state index in [-0.39, 0.29) is 35.6 Å². The molecule has 0 aliphatic heterocycles. The van der Waals surface area contributed by atoms with E-state index in [1.807, 2.05) is 13.0 Å². The summed E-state index contributed by atoms with van der Waals surface area (Å²) in [5, 5.41) is 0. The van der Waals surface area contributed by atoms with Gasteiger partial charge in [-0.25, -0.2) is 16.8 Å². The number of hydrogen-bond donors (Lipinski definition) is 0. The van der Waals surface area contributed by atoms with E-state index in [0.29, 0.717) is 5.56 Å². The van der Waals surface area contributed by atoms with Crippen LogP contribution in [0.2, 0.25) is 0 Å². The molecule has 0 saturated heterocycles. The van der Waals surface area contributed by atoms with Crippen LogP contribution in [0.1, 0.15) is 53.7 Å². The average Bonchev–Trinajstić information content (AvgIpc) is 2.70. The summed E-state index contributed by atoms with van der Waals surface area (Å²) < 4.78 is 52.2. The van der Waals surface area contributed by atoms with E-state index in [0.717, 1.165) is 11.1 Å². The molecular weight excluding hydrogens is 482 g/mol. The van der Waals surface area contributed by atoms with Gasteiger partial charge in [-0.3, -0.25) is 4.79 Å². The third-order valence-corrected chi connectivity index (χ3v) is 10.3. The van der Waals surface area contributed by atoms with Crippen molar-refractivity contribution in [2.75, 3.05) is 11.5 Å². The van der Waals surface area contributed by atoms with Crippen molar-refractivity contribution in [2.24, 2.45) is 0 Å². The van der Waals surface area contributed by atoms with Crippen LogP contribution in [-0.4, -0.2) is 38.8 Å². The first-order valence-corrected chi connectivity index (χ1v) is 14.6. The minimum atomic E-state index is -4.18. The third kappa shape index (κ3) is 6.31. The minimum absolute atomic E-state index is 0.243. The number of ketones is 1. The predicted octanol–water partition coefficient (Wildman–Crippen LogP) is 4.17. The van der Waals surface area contributed by atoms with Gasteiger partial charge in [-0.15, -0.1) is 0 Å². The van der Waals surface area contributed by atoms with E-state index in [9.17, 15) is 21.6 Å². The molecule has 2 aromatic rings. The largest absolute Gasteiger partial charge is 0.282 e. The summed E-state index contributed by atoms with van der Waals surface area (Å²) >= 11 is 6.43. The van der Waals surface area contributed by atoms with Crippen molar-refractivity contribution >= 4 is 42.8 Å². The Balaban J connectivity index is 3.03. The van der Waals surface area contributed by atoms with Gasteiger partial charge in [0.2, 0.25) is 0 Å². The summed E-state index contributed by atoms with van der Waals surface area (Å²) in [6.07, 6.45) is 3.63. The minimum Gasteiger partial charge on any atom is -0.282 e. The SMILES string of the molecule is CCCS(=O)(=O)/C(=C(\C(=O)c1ccc(C)cc1C)[n+]1cccc(C)c1)C(Cl)S(=O)(=O)CCC. The molecule has 1 atom stereocenters. The molecule has 1 aromatic heterocycles. The standard InChI is InChI=1S/C24H31ClNO5S2/c1-6-13-32(28,29)23(24(25)33(30,31)14-7-2)21(26-12-8-9-18(4)16-26)22(27)20-11-10-17(3)15-19(20)5/h8-12,15-16,24H,6-7,13-14H2,1-5H3/q+1/b23-21+. The number of carbonyl (C=O) groups excluding carboxylic acids is 1. The molecule has 0 bridgehead atoms. The van der Waals surface area contributed by atoms with Gasteiger partial charge in [0.05, 0.1) is 11.5 Å². The summed E-state index contributed by atoms with van der Waals surface area (Å²) in [7, 11) is -8.22. The van der Waals surface area contributed by atoms with Gasteiger partial charge in [-0.05, 0) is 45.2 Å². The summed E-state index contributed by atoms with van der Waals surface area (Å²) in [5.74, 6) is -1.23. The van der Waals surface area contributed by atoms with Gasteiger partial charge in [-0.2, -0.15) is 4.57 Å². The monoisotopic (exact) mass is 512 g/mol. The average molecular weight is 513 g/mol. The molecule has 33 heavy (non-hydrogen) atoms. The summed E-state index contributed by atoms with van der Waals surface area (Å²) in [5.41, 5.74) is 2.38. The maximum atomic E-state index is 13.9. The number of aromatic nitrogens is 1. The van der Waals surface area contributed by atoms with Crippen LogP contribution < -0.4 is 4.57 Å². The van der Waals surface area contributed by atoms with Crippen LogP contribution in [0, 0.1) is 20.8 Å². The maximum Gasteiger partial charge on any atom is 0.276 e. The quantitative estimate of drug-likeness (QED) is 0.206. The Kier molecular flexibility index (Phi) is 9.01. The molecule has 180 valence electrons. The fourth-order valence-corrected chi connectivity index (χ4v) is 8.01. The molecule has 2 rings (SSSR count). The highest BCUT2D eigenvalue weighted by molar-refractivity contribution is 7.99. The number of carbonyl (C=O) groups is 1. The van der Waals surface area contributed by atoms with Crippen LogP contribution in [0.4, 0.5) is 0 Å². The molecule has 9 heteroatoms. The Hall–Kier alpha value is -2.03. The normalized spacial score (nSPS) is 14.0. The predicted molar refractivity (Wildman–Crippen MR) is 133 cm³/mol. The van der Waals surface area contributed by atoms with Gasteiger partial charge in [0, 0.05) is 17.2 Å². The molecular formula is C24H31ClNO5S2+. The zero-order chi connectivity index (χ0) is 25.0. The first kappa shape index (κ1) is 27.2. The molecule has 0 saturated carbocycles. The van der Waals surface area contributed by atoms with E-state index >= 15 is 0 Å². The van der Waals surface area contributed by atoms with Gasteiger partial charge in [0.1, 0.15) is 0 Å². The van der Waals surface area contributed by atoms with Gasteiger partial charge in [0.15, 0.2) is 41.7 Å². The lowest BCUT2D eigenvalue weighted by Gasteiger charge is -2.17. The summed E-state index contributed by atoms with van der Waals surface area (Å²) in [4.78, 5) is 13.3. The smallest absolute Gasteiger partial charge is 0.276 e. The molecule has 0 aliphatic carbocycles. The van der Waals surface area contributed by atoms with Crippen molar-refractivity contribution in [3.63, 3.8) is 0 Å². The number of alkyl halides is 1. The number of halogens is 1. The molecule has 0 amide bonds. The molecule has 0 fully saturated rings. The maximum absolute atomic E-state index is 13.9. The van der Waals surface area contributed by atoms with Gasteiger partial charge < -0.3 is 0 Å². The van der Waals surface area contributed by atoms with Crippen molar-refractivity contribution in [2.45, 2.75) is 52.2 Å². The Morgan fingerprint density at radius 2 is 1.61 bits per heavy atom. The summed E-state index contributed by atoms with van der Waals surface area (Å²) in [6, 6.07) is 8.65. The van der Waals surface area contributed by atoms with E-state index in [2.05, 4.69) is 0 Å². The van der Waals surface area contributed by atoms with Gasteiger partial charge in [0.25, 0.3) is 11.5 Å². The van der Waals surface area contributed by atoms with Crippen molar-refractivity contribution in [3.8, 4) is 0 Å². The second kappa shape index (κ2) is 10.9. The lowest BCUT2D eigenvalue weighted by Crippen LogP contribution is -2.41. The van der Waals surface area contributed by atoms with Gasteiger partial charge in [-0.1, -0.05) is 49.2 Å². The van der Waals surface area contributed by atoms with Crippen molar-refractivity contribution < 1.29 is 26.2 Å². The van der Waals surface area contributed by atoms with Gasteiger partial charge >= 0.3 is 0 Å². The number of pyridine rings is 1. The van der Waals surface area contributed by atoms with E-state index < -0.39 is 35.1 Å². The molecule has 0 aliphatic rings. The van der Waals surface area contributed by atoms with Crippen LogP contribution in [0.3, 0.4) is 0 Å². The van der Waals surface area contributed by atoms with E-state index in [1.54, 1.807) is 58.2 Å². The number of allylic oxidation sites excluding steroid dienone is 1. The molecule has 1 heterocycles. The zero-order valence-corrected chi connectivity index (χ0v) is 22.0. The number of benzene rings is 1. The third-order valence-electron chi connectivity index (χ3n) is 5.10. The number of hydrogen-bond acceptors (Lipinski definition) is 5. The topological polar surface area (TPSA) is 89.2 Å². The molecule has 1 unspecified atom stereocenters. The molecule has 0 radical (unpaired) electrons. The Labute approximate surface area is 202 Å². The number of sulfone groups is 2. The number of Topliss-reactive ketones (excluding diaryl/α,β-unsaturated/α-hetero) is 1. The van der Waals surface area contributed by atoms with Crippen LogP contribution in [-0.2, 0) is 19.7 Å². The van der Waals surface area contributed by atoms with Crippen molar-refractivity contribution in [1.29, 1.82) is 0 Å². The second-order valence-electron chi connectivity index (χ2n) is 8.15. The molecule has 0 N–H and O–H groups in total. The number of aryl methyl sites for hydroxylation is 3. The van der Waals surface area contributed by atoms with Crippen LogP contribution in [0.15, 0.2) is 47.6 Å². The molecule has 1 aromatic carbocycles. The van der Waals surface area contributed by atoms with Crippen LogP contribution in [0.25, 0.3) is 5.70 Å². The molecule has 0 spiro atoms. The number of nitrogens with zero attached hydrogens (tertiary/aromatic N) is 1. The van der Waals surface area contributed by atoms with E-state index in [1.165, 1.54) is 10.8 Å². The lowest BCUT2D eigenvalue weighted by atomic mass is 10.00. The number of rotatable bonds is 10. The first-order chi connectivity index (χ1) is 15.4. The fraction of sp³-hybridized carbons (Fsp3) is 0.417. The highest BCUT2D eigenvalue weighted by atomic mass is 35.5. The second-order valence-corrected chi connectivity index (χ2v) is 13.1. The fourth-order valence-electron chi connectivity index (χ4n) is 3.61.